The van der Waals surface area contributed by atoms with Gasteiger partial charge in [0.2, 0.25) is 0 Å². The molecule has 0 saturated carbocycles. The third kappa shape index (κ3) is 4.06. The van der Waals surface area contributed by atoms with Crippen molar-refractivity contribution in [3.63, 3.8) is 0 Å². The minimum Gasteiger partial charge on any atom is -0.103 e. The second kappa shape index (κ2) is 7.66. The maximum Gasteiger partial charge on any atom is 0.0146 e. The second-order valence-electron chi connectivity index (χ2n) is 7.39. The number of benzene rings is 2. The lowest BCUT2D eigenvalue weighted by atomic mass is 9.77. The molecule has 2 aromatic rings. The summed E-state index contributed by atoms with van der Waals surface area (Å²) in [5, 5.41) is 0. The van der Waals surface area contributed by atoms with Crippen molar-refractivity contribution in [1.82, 2.24) is 0 Å². The average molecular weight is 319 g/mol. The number of rotatable bonds is 7. The summed E-state index contributed by atoms with van der Waals surface area (Å²) in [5.74, 6) is 0.913. The van der Waals surface area contributed by atoms with Crippen molar-refractivity contribution in [2.24, 2.45) is 5.92 Å². The summed E-state index contributed by atoms with van der Waals surface area (Å²) < 4.78 is 0. The van der Waals surface area contributed by atoms with E-state index in [2.05, 4.69) is 89.4 Å². The van der Waals surface area contributed by atoms with Crippen molar-refractivity contribution >= 4 is 0 Å². The van der Waals surface area contributed by atoms with Gasteiger partial charge in [0.05, 0.1) is 0 Å². The Morgan fingerprint density at radius 1 is 0.833 bits per heavy atom. The fourth-order valence-corrected chi connectivity index (χ4v) is 3.02. The SMILES string of the molecule is C=CC(C)Cc1ccc(C(C)(C)c2ccc(C(C)C=C)cc2)cc1. The van der Waals surface area contributed by atoms with Crippen molar-refractivity contribution in [3.05, 3.63) is 96.1 Å². The monoisotopic (exact) mass is 318 g/mol. The minimum absolute atomic E-state index is 0.00146. The minimum atomic E-state index is -0.00146. The van der Waals surface area contributed by atoms with E-state index in [0.717, 1.165) is 6.42 Å². The Bertz CT molecular complexity index is 671. The Kier molecular flexibility index (Phi) is 5.83. The predicted molar refractivity (Wildman–Crippen MR) is 107 cm³/mol. The first-order valence-electron chi connectivity index (χ1n) is 8.83. The first-order valence-corrected chi connectivity index (χ1v) is 8.83. The topological polar surface area (TPSA) is 0 Å². The molecule has 0 aromatic heterocycles. The van der Waals surface area contributed by atoms with E-state index < -0.39 is 0 Å². The van der Waals surface area contributed by atoms with E-state index >= 15 is 0 Å². The first kappa shape index (κ1) is 18.3. The molecule has 2 unspecified atom stereocenters. The smallest absolute Gasteiger partial charge is 0.0146 e. The van der Waals surface area contributed by atoms with Crippen molar-refractivity contribution in [3.8, 4) is 0 Å². The number of hydrogen-bond donors (Lipinski definition) is 0. The second-order valence-corrected chi connectivity index (χ2v) is 7.39. The van der Waals surface area contributed by atoms with Gasteiger partial charge in [-0.3, -0.25) is 0 Å². The first-order chi connectivity index (χ1) is 11.4. The van der Waals surface area contributed by atoms with Crippen LogP contribution >= 0.6 is 0 Å². The Balaban J connectivity index is 2.22. The van der Waals surface area contributed by atoms with E-state index in [4.69, 9.17) is 0 Å². The van der Waals surface area contributed by atoms with Crippen molar-refractivity contribution < 1.29 is 0 Å². The summed E-state index contributed by atoms with van der Waals surface area (Å²) in [7, 11) is 0. The zero-order valence-corrected chi connectivity index (χ0v) is 15.5. The van der Waals surface area contributed by atoms with Crippen LogP contribution in [0.4, 0.5) is 0 Å². The van der Waals surface area contributed by atoms with Gasteiger partial charge < -0.3 is 0 Å². The van der Waals surface area contributed by atoms with Gasteiger partial charge in [-0.25, -0.2) is 0 Å². The lowest BCUT2D eigenvalue weighted by molar-refractivity contribution is 0.639. The van der Waals surface area contributed by atoms with Gasteiger partial charge in [-0.15, -0.1) is 13.2 Å². The van der Waals surface area contributed by atoms with Crippen LogP contribution in [0.25, 0.3) is 0 Å². The third-order valence-electron chi connectivity index (χ3n) is 5.15. The zero-order chi connectivity index (χ0) is 17.7. The summed E-state index contributed by atoms with van der Waals surface area (Å²) in [6, 6.07) is 18.0. The Labute approximate surface area is 147 Å². The molecule has 0 heterocycles. The molecule has 2 rings (SSSR count). The Hall–Kier alpha value is -2.08. The van der Waals surface area contributed by atoms with E-state index in [1.807, 2.05) is 12.2 Å². The van der Waals surface area contributed by atoms with Crippen LogP contribution in [0.1, 0.15) is 55.9 Å². The van der Waals surface area contributed by atoms with E-state index in [1.165, 1.54) is 22.3 Å². The Morgan fingerprint density at radius 3 is 1.79 bits per heavy atom. The van der Waals surface area contributed by atoms with Gasteiger partial charge in [-0.1, -0.05) is 88.4 Å². The van der Waals surface area contributed by atoms with Gasteiger partial charge in [-0.2, -0.15) is 0 Å². The summed E-state index contributed by atoms with van der Waals surface area (Å²) in [6.45, 7) is 16.7. The highest BCUT2D eigenvalue weighted by Gasteiger charge is 2.23. The van der Waals surface area contributed by atoms with Crippen LogP contribution in [-0.2, 0) is 11.8 Å². The van der Waals surface area contributed by atoms with Crippen LogP contribution < -0.4 is 0 Å². The standard InChI is InChI=1S/C24H30/c1-7-18(3)17-20-9-13-22(14-10-20)24(5,6)23-15-11-21(12-16-23)19(4)8-2/h7-16,18-19H,1-2,17H2,3-6H3. The van der Waals surface area contributed by atoms with Crippen LogP contribution in [-0.4, -0.2) is 0 Å². The summed E-state index contributed by atoms with van der Waals surface area (Å²) >= 11 is 0. The van der Waals surface area contributed by atoms with Crippen molar-refractivity contribution in [2.45, 2.75) is 45.4 Å². The van der Waals surface area contributed by atoms with Crippen LogP contribution in [0.5, 0.6) is 0 Å². The molecule has 24 heavy (non-hydrogen) atoms. The lowest BCUT2D eigenvalue weighted by Gasteiger charge is -2.27. The molecule has 2 aromatic carbocycles. The van der Waals surface area contributed by atoms with Gasteiger partial charge in [0, 0.05) is 5.41 Å². The summed E-state index contributed by atoms with van der Waals surface area (Å²) in [6.07, 6.45) is 5.06. The van der Waals surface area contributed by atoms with Crippen molar-refractivity contribution in [2.75, 3.05) is 0 Å². The molecule has 0 aliphatic carbocycles. The Morgan fingerprint density at radius 2 is 1.33 bits per heavy atom. The van der Waals surface area contributed by atoms with Crippen LogP contribution in [0.15, 0.2) is 73.8 Å². The van der Waals surface area contributed by atoms with E-state index in [-0.39, 0.29) is 5.41 Å². The number of hydrogen-bond acceptors (Lipinski definition) is 0. The fourth-order valence-electron chi connectivity index (χ4n) is 3.02. The van der Waals surface area contributed by atoms with Gasteiger partial charge in [-0.05, 0) is 40.5 Å². The highest BCUT2D eigenvalue weighted by molar-refractivity contribution is 5.40. The predicted octanol–water partition coefficient (Wildman–Crippen LogP) is 6.67. The maximum absolute atomic E-state index is 3.88. The third-order valence-corrected chi connectivity index (χ3v) is 5.15. The normalized spacial score (nSPS) is 14.0. The van der Waals surface area contributed by atoms with E-state index in [9.17, 15) is 0 Å². The van der Waals surface area contributed by atoms with Crippen LogP contribution in [0.2, 0.25) is 0 Å². The van der Waals surface area contributed by atoms with Gasteiger partial charge in [0.1, 0.15) is 0 Å². The molecule has 0 aliphatic rings. The molecule has 0 nitrogen and oxygen atoms in total. The highest BCUT2D eigenvalue weighted by atomic mass is 14.3. The molecule has 0 amide bonds. The fraction of sp³-hybridized carbons (Fsp3) is 0.333. The molecule has 0 aliphatic heterocycles. The number of allylic oxidation sites excluding steroid dienone is 2. The molecule has 0 radical (unpaired) electrons. The summed E-state index contributed by atoms with van der Waals surface area (Å²) in [5.41, 5.74) is 5.38. The molecular weight excluding hydrogens is 288 g/mol. The van der Waals surface area contributed by atoms with E-state index in [0.29, 0.717) is 11.8 Å². The van der Waals surface area contributed by atoms with E-state index in [1.54, 1.807) is 0 Å². The molecule has 0 spiro atoms. The molecular formula is C24H30. The molecule has 0 heteroatoms. The molecule has 0 saturated heterocycles. The van der Waals surface area contributed by atoms with Crippen molar-refractivity contribution in [1.29, 1.82) is 0 Å². The van der Waals surface area contributed by atoms with Crippen LogP contribution in [0, 0.1) is 5.92 Å². The van der Waals surface area contributed by atoms with Gasteiger partial charge in [0.25, 0.3) is 0 Å². The summed E-state index contributed by atoms with van der Waals surface area (Å²) in [4.78, 5) is 0. The molecule has 0 bridgehead atoms. The quantitative estimate of drug-likeness (QED) is 0.500. The molecule has 2 atom stereocenters. The maximum atomic E-state index is 3.88. The highest BCUT2D eigenvalue weighted by Crippen LogP contribution is 2.32. The molecule has 126 valence electrons. The average Bonchev–Trinajstić information content (AvgIpc) is 2.61. The van der Waals surface area contributed by atoms with Gasteiger partial charge >= 0.3 is 0 Å². The molecule has 0 fully saturated rings. The zero-order valence-electron chi connectivity index (χ0n) is 15.5. The van der Waals surface area contributed by atoms with Gasteiger partial charge in [0.15, 0.2) is 0 Å². The van der Waals surface area contributed by atoms with Crippen LogP contribution in [0.3, 0.4) is 0 Å². The lowest BCUT2D eigenvalue weighted by Crippen LogP contribution is -2.19. The largest absolute Gasteiger partial charge is 0.103 e. The molecule has 0 N–H and O–H groups in total.